The first-order valence-electron chi connectivity index (χ1n) is 9.17. The number of carbonyl (C=O) groups excluding carboxylic acids is 2. The molecule has 150 valence electrons. The van der Waals surface area contributed by atoms with Crippen molar-refractivity contribution in [3.05, 3.63) is 26.9 Å². The minimum Gasteiger partial charge on any atom is -0.458 e. The van der Waals surface area contributed by atoms with Gasteiger partial charge in [-0.2, -0.15) is 0 Å². The number of aliphatic hydroxyl groups is 2. The van der Waals surface area contributed by atoms with E-state index in [2.05, 4.69) is 4.74 Å². The number of carbonyl (C=O) groups is 2. The molecule has 5 N–H and O–H groups in total. The number of nitrogens with two attached hydrogens (primary N) is 1. The SMILES string of the molecule is [2H]C([2H])(OC(=O)[C@@H](N)C(C)C)[C@@]1(F)O[C@@]([2H])(n2cc(C=O)c(=O)[nH]c2=S)[C@H](O)[C@@H]1O. The van der Waals surface area contributed by atoms with E-state index in [9.17, 15) is 24.6 Å². The lowest BCUT2D eigenvalue weighted by Crippen LogP contribution is -2.46. The lowest BCUT2D eigenvalue weighted by Gasteiger charge is -2.24. The van der Waals surface area contributed by atoms with Gasteiger partial charge < -0.3 is 25.4 Å². The first-order valence-corrected chi connectivity index (χ1v) is 8.08. The lowest BCUT2D eigenvalue weighted by molar-refractivity contribution is -0.217. The van der Waals surface area contributed by atoms with Gasteiger partial charge in [-0.1, -0.05) is 13.8 Å². The summed E-state index contributed by atoms with van der Waals surface area (Å²) in [6.45, 7) is -0.666. The Kier molecular flexibility index (Phi) is 5.04. The second-order valence-corrected chi connectivity index (χ2v) is 6.49. The molecule has 0 bridgehead atoms. The molecule has 1 aliphatic heterocycles. The molecule has 0 spiro atoms. The van der Waals surface area contributed by atoms with E-state index < -0.39 is 64.6 Å². The number of hydrogen-bond acceptors (Lipinski definition) is 9. The molecule has 1 saturated heterocycles. The Bertz CT molecular complexity index is 974. The number of ether oxygens (including phenoxy) is 2. The highest BCUT2D eigenvalue weighted by Crippen LogP contribution is 2.38. The number of aldehydes is 1. The van der Waals surface area contributed by atoms with Crippen molar-refractivity contribution in [3.8, 4) is 0 Å². The van der Waals surface area contributed by atoms with Gasteiger partial charge in [0.25, 0.3) is 11.4 Å². The summed E-state index contributed by atoms with van der Waals surface area (Å²) in [7, 11) is 0. The number of esters is 1. The maximum Gasteiger partial charge on any atom is 0.323 e. The Labute approximate surface area is 161 Å². The van der Waals surface area contributed by atoms with Crippen molar-refractivity contribution in [1.29, 1.82) is 0 Å². The van der Waals surface area contributed by atoms with Gasteiger partial charge in [-0.05, 0) is 18.1 Å². The van der Waals surface area contributed by atoms with Crippen LogP contribution in [0.4, 0.5) is 4.39 Å². The molecule has 1 aliphatic rings. The Balaban J connectivity index is 2.51. The largest absolute Gasteiger partial charge is 0.458 e. The van der Waals surface area contributed by atoms with E-state index in [1.165, 1.54) is 13.8 Å². The van der Waals surface area contributed by atoms with Crippen LogP contribution in [0.2, 0.25) is 0 Å². The minimum absolute atomic E-state index is 0.0856. The van der Waals surface area contributed by atoms with E-state index >= 15 is 4.39 Å². The molecule has 2 heterocycles. The summed E-state index contributed by atoms with van der Waals surface area (Å²) in [6, 6.07) is -1.34. The molecule has 1 aromatic heterocycles. The summed E-state index contributed by atoms with van der Waals surface area (Å²) in [5.41, 5.74) is 4.03. The van der Waals surface area contributed by atoms with Crippen molar-refractivity contribution in [2.75, 3.05) is 6.56 Å². The van der Waals surface area contributed by atoms with Crippen LogP contribution in [0, 0.1) is 10.7 Å². The third-order valence-corrected chi connectivity index (χ3v) is 4.10. The van der Waals surface area contributed by atoms with Crippen LogP contribution in [0.15, 0.2) is 11.0 Å². The highest BCUT2D eigenvalue weighted by Gasteiger charge is 2.57. The summed E-state index contributed by atoms with van der Waals surface area (Å²) < 4.78 is 48.4. The second kappa shape index (κ2) is 7.94. The van der Waals surface area contributed by atoms with Gasteiger partial charge in [0.2, 0.25) is 0 Å². The topological polar surface area (TPSA) is 157 Å². The van der Waals surface area contributed by atoms with E-state index in [4.69, 9.17) is 26.8 Å². The molecule has 12 heteroatoms. The van der Waals surface area contributed by atoms with Gasteiger partial charge in [0.15, 0.2) is 23.8 Å². The van der Waals surface area contributed by atoms with E-state index in [-0.39, 0.29) is 6.29 Å². The number of nitrogens with zero attached hydrogens (tertiary/aromatic N) is 1. The number of aromatic nitrogens is 2. The fourth-order valence-corrected chi connectivity index (χ4v) is 2.31. The lowest BCUT2D eigenvalue weighted by atomic mass is 10.1. The zero-order valence-corrected chi connectivity index (χ0v) is 15.0. The Morgan fingerprint density at radius 2 is 2.33 bits per heavy atom. The van der Waals surface area contributed by atoms with Crippen molar-refractivity contribution < 1.29 is 37.8 Å². The number of aliphatic hydroxyl groups excluding tert-OH is 2. The molecule has 2 rings (SSSR count). The average Bonchev–Trinajstić information content (AvgIpc) is 2.82. The maximum atomic E-state index is 15.5. The average molecular weight is 408 g/mol. The molecule has 0 saturated carbocycles. The molecule has 10 nitrogen and oxygen atoms in total. The van der Waals surface area contributed by atoms with Crippen molar-refractivity contribution in [2.45, 2.75) is 44.2 Å². The van der Waals surface area contributed by atoms with Gasteiger partial charge in [0.1, 0.15) is 18.2 Å². The third kappa shape index (κ3) is 4.14. The fraction of sp³-hybridized carbons (Fsp3) is 0.600. The van der Waals surface area contributed by atoms with E-state index in [0.717, 1.165) is 0 Å². The van der Waals surface area contributed by atoms with Gasteiger partial charge >= 0.3 is 5.97 Å². The fourth-order valence-electron chi connectivity index (χ4n) is 2.08. The summed E-state index contributed by atoms with van der Waals surface area (Å²) in [5.74, 6) is -5.81. The standard InChI is InChI=1S/C15H20FN3O7S/c1-6(2)8(17)13(24)25-5-15(16)10(22)9(21)12(26-15)19-3-7(4-20)11(23)18-14(19)27/h3-4,6,8-10,12,21-22H,5,17H2,1-2H3,(H,18,23,27)/t8-,9+,10-,12+,15+/m0/s1/i5D2,12D. The smallest absolute Gasteiger partial charge is 0.323 e. The van der Waals surface area contributed by atoms with Crippen LogP contribution in [0.1, 0.15) is 34.5 Å². The number of hydrogen-bond donors (Lipinski definition) is 4. The number of aromatic amines is 1. The van der Waals surface area contributed by atoms with Crippen LogP contribution in [0.25, 0.3) is 0 Å². The van der Waals surface area contributed by atoms with Crippen molar-refractivity contribution in [1.82, 2.24) is 9.55 Å². The number of rotatable bonds is 6. The highest BCUT2D eigenvalue weighted by molar-refractivity contribution is 7.71. The van der Waals surface area contributed by atoms with Gasteiger partial charge in [0.05, 0.1) is 9.68 Å². The summed E-state index contributed by atoms with van der Waals surface area (Å²) in [6.07, 6.45) is -7.54. The molecule has 1 fully saturated rings. The second-order valence-electron chi connectivity index (χ2n) is 6.10. The zero-order chi connectivity index (χ0) is 23.2. The van der Waals surface area contributed by atoms with Crippen molar-refractivity contribution in [2.24, 2.45) is 11.7 Å². The number of H-pyrrole nitrogens is 1. The van der Waals surface area contributed by atoms with Gasteiger partial charge in [-0.25, -0.2) is 4.39 Å². The van der Waals surface area contributed by atoms with Crippen LogP contribution in [-0.2, 0) is 14.3 Å². The molecule has 1 aromatic rings. The van der Waals surface area contributed by atoms with Crippen LogP contribution in [0.3, 0.4) is 0 Å². The Morgan fingerprint density at radius 3 is 2.89 bits per heavy atom. The molecule has 0 aromatic carbocycles. The van der Waals surface area contributed by atoms with Crippen LogP contribution < -0.4 is 11.3 Å². The molecule has 5 atom stereocenters. The molecule has 0 unspecified atom stereocenters. The third-order valence-electron chi connectivity index (χ3n) is 3.80. The summed E-state index contributed by atoms with van der Waals surface area (Å²) >= 11 is 4.83. The van der Waals surface area contributed by atoms with Crippen LogP contribution in [-0.4, -0.2) is 62.7 Å². The maximum absolute atomic E-state index is 15.5. The first-order chi connectivity index (χ1) is 13.6. The van der Waals surface area contributed by atoms with E-state index in [0.29, 0.717) is 10.8 Å². The quantitative estimate of drug-likeness (QED) is 0.268. The first kappa shape index (κ1) is 17.1. The molecular formula is C15H20FN3O7S. The van der Waals surface area contributed by atoms with E-state index in [1.54, 1.807) is 0 Å². The number of alkyl halides is 1. The minimum atomic E-state index is -3.95. The summed E-state index contributed by atoms with van der Waals surface area (Å²) in [5, 5.41) is 20.4. The molecule has 0 amide bonds. The van der Waals surface area contributed by atoms with Crippen molar-refractivity contribution in [3.63, 3.8) is 0 Å². The highest BCUT2D eigenvalue weighted by atomic mass is 32.1. The normalized spacial score (nSPS) is 33.8. The Morgan fingerprint density at radius 1 is 1.70 bits per heavy atom. The van der Waals surface area contributed by atoms with Crippen LogP contribution >= 0.6 is 12.2 Å². The van der Waals surface area contributed by atoms with Crippen molar-refractivity contribution >= 4 is 24.5 Å². The molecule has 0 radical (unpaired) electrons. The molecule has 27 heavy (non-hydrogen) atoms. The van der Waals surface area contributed by atoms with Gasteiger partial charge in [-0.3, -0.25) is 23.9 Å². The zero-order valence-electron chi connectivity index (χ0n) is 17.2. The predicted molar refractivity (Wildman–Crippen MR) is 91.0 cm³/mol. The van der Waals surface area contributed by atoms with Gasteiger partial charge in [0, 0.05) is 6.20 Å². The Hall–Kier alpha value is -1.99. The van der Waals surface area contributed by atoms with Crippen LogP contribution in [0.5, 0.6) is 0 Å². The number of nitrogens with one attached hydrogen (secondary N) is 1. The number of halogens is 1. The van der Waals surface area contributed by atoms with Gasteiger partial charge in [-0.15, -0.1) is 0 Å². The summed E-state index contributed by atoms with van der Waals surface area (Å²) in [4.78, 5) is 36.6. The van der Waals surface area contributed by atoms with E-state index in [1.807, 2.05) is 4.98 Å². The predicted octanol–water partition coefficient (Wildman–Crippen LogP) is -0.839. The monoisotopic (exact) mass is 408 g/mol. The molecular weight excluding hydrogens is 385 g/mol. The molecule has 0 aliphatic carbocycles.